The molecule has 1 aromatic carbocycles. The Morgan fingerprint density at radius 1 is 1.29 bits per heavy atom. The Hall–Kier alpha value is -2.04. The van der Waals surface area contributed by atoms with Gasteiger partial charge in [-0.2, -0.15) is 0 Å². The van der Waals surface area contributed by atoms with Gasteiger partial charge in [0, 0.05) is 11.8 Å². The molecule has 0 spiro atoms. The molecule has 0 saturated heterocycles. The molecule has 3 rings (SSSR count). The van der Waals surface area contributed by atoms with E-state index >= 15 is 0 Å². The minimum absolute atomic E-state index is 0.596. The van der Waals surface area contributed by atoms with Gasteiger partial charge in [0.05, 0.1) is 29.6 Å². The molecule has 0 amide bonds. The van der Waals surface area contributed by atoms with Crippen molar-refractivity contribution in [2.75, 3.05) is 7.11 Å². The van der Waals surface area contributed by atoms with Crippen LogP contribution in [-0.4, -0.2) is 21.6 Å². The molecule has 5 heteroatoms. The third-order valence-corrected chi connectivity index (χ3v) is 3.58. The number of hydrogen-bond acceptors (Lipinski definition) is 3. The van der Waals surface area contributed by atoms with Crippen LogP contribution in [0.4, 0.5) is 0 Å². The highest BCUT2D eigenvalue weighted by Gasteiger charge is 2.18. The Labute approximate surface area is 127 Å². The molecular weight excluding hydrogens is 288 g/mol. The highest BCUT2D eigenvalue weighted by molar-refractivity contribution is 6.30. The van der Waals surface area contributed by atoms with Gasteiger partial charge in [0.25, 0.3) is 0 Å². The summed E-state index contributed by atoms with van der Waals surface area (Å²) in [6.45, 7) is 1.72. The second-order valence-corrected chi connectivity index (χ2v) is 5.27. The maximum atomic E-state index is 10.1. The van der Waals surface area contributed by atoms with E-state index in [0.717, 1.165) is 22.7 Å². The second kappa shape index (κ2) is 5.39. The van der Waals surface area contributed by atoms with Crippen LogP contribution in [0, 0.1) is 0 Å². The molecule has 1 unspecified atom stereocenters. The summed E-state index contributed by atoms with van der Waals surface area (Å²) in [5.74, 6) is 0.749. The zero-order chi connectivity index (χ0) is 15.0. The van der Waals surface area contributed by atoms with Crippen molar-refractivity contribution >= 4 is 17.2 Å². The summed E-state index contributed by atoms with van der Waals surface area (Å²) in [4.78, 5) is 4.61. The molecular formula is C16H15ClN2O2. The molecule has 0 aliphatic rings. The Morgan fingerprint density at radius 2 is 2.10 bits per heavy atom. The average Bonchev–Trinajstić information content (AvgIpc) is 2.86. The normalized spacial score (nSPS) is 12.6. The molecule has 4 nitrogen and oxygen atoms in total. The number of aromatic nitrogens is 2. The number of benzene rings is 1. The highest BCUT2D eigenvalue weighted by atomic mass is 35.5. The van der Waals surface area contributed by atoms with Crippen LogP contribution in [0.15, 0.2) is 42.6 Å². The third kappa shape index (κ3) is 2.48. The number of aliphatic hydroxyl groups excluding tert-OH is 1. The highest BCUT2D eigenvalue weighted by Crippen LogP contribution is 2.31. The number of aliphatic hydroxyl groups is 1. The second-order valence-electron chi connectivity index (χ2n) is 4.83. The Balaban J connectivity index is 2.28. The number of halogens is 1. The van der Waals surface area contributed by atoms with E-state index in [1.54, 1.807) is 26.3 Å². The van der Waals surface area contributed by atoms with Gasteiger partial charge in [-0.25, -0.2) is 4.98 Å². The van der Waals surface area contributed by atoms with Gasteiger partial charge >= 0.3 is 0 Å². The van der Waals surface area contributed by atoms with E-state index in [1.165, 1.54) is 0 Å². The van der Waals surface area contributed by atoms with Crippen molar-refractivity contribution in [3.63, 3.8) is 0 Å². The molecule has 0 radical (unpaired) electrons. The molecule has 0 aliphatic heterocycles. The number of rotatable bonds is 3. The van der Waals surface area contributed by atoms with Crippen molar-refractivity contribution in [1.82, 2.24) is 9.38 Å². The fraction of sp³-hybridized carbons (Fsp3) is 0.188. The van der Waals surface area contributed by atoms with Crippen LogP contribution in [0.3, 0.4) is 0 Å². The van der Waals surface area contributed by atoms with Crippen LogP contribution >= 0.6 is 11.6 Å². The molecule has 1 atom stereocenters. The first kappa shape index (κ1) is 13.9. The van der Waals surface area contributed by atoms with Gasteiger partial charge in [0.2, 0.25) is 0 Å². The first-order chi connectivity index (χ1) is 10.1. The van der Waals surface area contributed by atoms with Gasteiger partial charge in [-0.15, -0.1) is 0 Å². The smallest absolute Gasteiger partial charge is 0.137 e. The van der Waals surface area contributed by atoms with E-state index in [9.17, 15) is 5.11 Å². The molecule has 0 saturated carbocycles. The van der Waals surface area contributed by atoms with E-state index in [4.69, 9.17) is 16.3 Å². The number of nitrogens with zero attached hydrogens (tertiary/aromatic N) is 2. The van der Waals surface area contributed by atoms with Crippen molar-refractivity contribution in [3.05, 3.63) is 53.3 Å². The Kier molecular flexibility index (Phi) is 3.57. The minimum atomic E-state index is -0.667. The average molecular weight is 303 g/mol. The predicted octanol–water partition coefficient (Wildman–Crippen LogP) is 3.72. The lowest BCUT2D eigenvalue weighted by Gasteiger charge is -2.09. The minimum Gasteiger partial charge on any atom is -0.497 e. The van der Waals surface area contributed by atoms with E-state index in [-0.39, 0.29) is 0 Å². The van der Waals surface area contributed by atoms with Gasteiger partial charge in [-0.3, -0.25) is 4.40 Å². The largest absolute Gasteiger partial charge is 0.497 e. The quantitative estimate of drug-likeness (QED) is 0.802. The molecule has 2 aromatic heterocycles. The number of fused-ring (bicyclic) bond motifs is 1. The summed E-state index contributed by atoms with van der Waals surface area (Å²) in [7, 11) is 1.62. The van der Waals surface area contributed by atoms with Gasteiger partial charge in [-0.1, -0.05) is 23.7 Å². The molecule has 0 fully saturated rings. The van der Waals surface area contributed by atoms with Gasteiger partial charge in [-0.05, 0) is 31.2 Å². The zero-order valence-corrected chi connectivity index (χ0v) is 12.5. The van der Waals surface area contributed by atoms with E-state index < -0.39 is 6.10 Å². The number of imidazole rings is 1. The fourth-order valence-electron chi connectivity index (χ4n) is 2.42. The van der Waals surface area contributed by atoms with E-state index in [0.29, 0.717) is 10.7 Å². The van der Waals surface area contributed by atoms with Crippen LogP contribution < -0.4 is 4.74 Å². The van der Waals surface area contributed by atoms with Crippen LogP contribution in [0.1, 0.15) is 18.7 Å². The summed E-state index contributed by atoms with van der Waals surface area (Å²) in [6, 6.07) is 11.2. The first-order valence-electron chi connectivity index (χ1n) is 6.60. The molecule has 0 aliphatic carbocycles. The SMILES string of the molecule is COc1cccc(-c2nc3ccc(Cl)cn3c2C(C)O)c1. The van der Waals surface area contributed by atoms with E-state index in [1.807, 2.05) is 34.7 Å². The Bertz CT molecular complexity index is 796. The molecule has 21 heavy (non-hydrogen) atoms. The van der Waals surface area contributed by atoms with Crippen molar-refractivity contribution in [2.24, 2.45) is 0 Å². The summed E-state index contributed by atoms with van der Waals surface area (Å²) >= 11 is 6.05. The number of hydrogen-bond donors (Lipinski definition) is 1. The summed E-state index contributed by atoms with van der Waals surface area (Å²) in [5.41, 5.74) is 3.07. The van der Waals surface area contributed by atoms with Crippen molar-refractivity contribution < 1.29 is 9.84 Å². The van der Waals surface area contributed by atoms with Gasteiger partial charge in [0.1, 0.15) is 11.4 Å². The maximum Gasteiger partial charge on any atom is 0.137 e. The molecule has 2 heterocycles. The third-order valence-electron chi connectivity index (χ3n) is 3.36. The lowest BCUT2D eigenvalue weighted by Crippen LogP contribution is -1.99. The predicted molar refractivity (Wildman–Crippen MR) is 82.8 cm³/mol. The lowest BCUT2D eigenvalue weighted by atomic mass is 10.1. The zero-order valence-electron chi connectivity index (χ0n) is 11.7. The number of pyridine rings is 1. The summed E-state index contributed by atoms with van der Waals surface area (Å²) in [6.07, 6.45) is 1.09. The summed E-state index contributed by atoms with van der Waals surface area (Å²) in [5, 5.41) is 10.7. The van der Waals surface area contributed by atoms with Crippen LogP contribution in [0.25, 0.3) is 16.9 Å². The van der Waals surface area contributed by atoms with E-state index in [2.05, 4.69) is 4.98 Å². The maximum absolute atomic E-state index is 10.1. The van der Waals surface area contributed by atoms with Crippen molar-refractivity contribution in [2.45, 2.75) is 13.0 Å². The van der Waals surface area contributed by atoms with Crippen LogP contribution in [0.5, 0.6) is 5.75 Å². The number of methoxy groups -OCH3 is 1. The lowest BCUT2D eigenvalue weighted by molar-refractivity contribution is 0.194. The molecule has 3 aromatic rings. The molecule has 108 valence electrons. The Morgan fingerprint density at radius 3 is 2.81 bits per heavy atom. The summed E-state index contributed by atoms with van der Waals surface area (Å²) < 4.78 is 7.07. The van der Waals surface area contributed by atoms with Crippen molar-refractivity contribution in [1.29, 1.82) is 0 Å². The monoisotopic (exact) mass is 302 g/mol. The van der Waals surface area contributed by atoms with Gasteiger partial charge < -0.3 is 9.84 Å². The van der Waals surface area contributed by atoms with Crippen molar-refractivity contribution in [3.8, 4) is 17.0 Å². The topological polar surface area (TPSA) is 46.8 Å². The van der Waals surface area contributed by atoms with Crippen LogP contribution in [0.2, 0.25) is 5.02 Å². The molecule has 1 N–H and O–H groups in total. The number of ether oxygens (including phenoxy) is 1. The standard InChI is InChI=1S/C16H15ClN2O2/c1-10(20)16-15(11-4-3-5-13(8-11)21-2)18-14-7-6-12(17)9-19(14)16/h3-10,20H,1-2H3. The van der Waals surface area contributed by atoms with Crippen LogP contribution in [-0.2, 0) is 0 Å². The first-order valence-corrected chi connectivity index (χ1v) is 6.98. The molecule has 0 bridgehead atoms. The fourth-order valence-corrected chi connectivity index (χ4v) is 2.58. The van der Waals surface area contributed by atoms with Gasteiger partial charge in [0.15, 0.2) is 0 Å².